The number of hydrogen-bond acceptors (Lipinski definition) is 3. The molecule has 1 aromatic heterocycles. The number of aromatic amines is 1. The van der Waals surface area contributed by atoms with Crippen molar-refractivity contribution in [2.45, 2.75) is 63.4 Å². The van der Waals surface area contributed by atoms with Gasteiger partial charge in [0, 0.05) is 6.04 Å². The number of nitrogens with zero attached hydrogens (tertiary/aromatic N) is 1. The largest absolute Gasteiger partial charge is 0.332 e. The highest BCUT2D eigenvalue weighted by Crippen LogP contribution is 2.28. The summed E-state index contributed by atoms with van der Waals surface area (Å²) in [5.74, 6) is 1.40. The molecule has 0 radical (unpaired) electrons. The van der Waals surface area contributed by atoms with Crippen molar-refractivity contribution < 1.29 is 8.42 Å². The van der Waals surface area contributed by atoms with Gasteiger partial charge in [0.1, 0.15) is 5.82 Å². The number of rotatable bonds is 5. The van der Waals surface area contributed by atoms with Crippen LogP contribution in [0.3, 0.4) is 0 Å². The van der Waals surface area contributed by atoms with Gasteiger partial charge < -0.3 is 4.98 Å². The Morgan fingerprint density at radius 2 is 2.05 bits per heavy atom. The molecule has 6 heteroatoms. The summed E-state index contributed by atoms with van der Waals surface area (Å²) in [6.45, 7) is 3.95. The third kappa shape index (κ3) is 3.79. The minimum atomic E-state index is -3.44. The summed E-state index contributed by atoms with van der Waals surface area (Å²) in [4.78, 5) is 6.71. The maximum absolute atomic E-state index is 12.1. The standard InChI is InChI=1S/C13H23N3O2S/c1-3-4-11-5-7-12(8-6-11)16-19(17,18)13-9-14-10(2)15-13/h9,11-12,16H,3-8H2,1-2H3,(H,14,15). The van der Waals surface area contributed by atoms with Gasteiger partial charge in [-0.2, -0.15) is 0 Å². The summed E-state index contributed by atoms with van der Waals surface area (Å²) in [6, 6.07) is 0.0710. The minimum absolute atomic E-state index is 0.0710. The normalized spacial score (nSPS) is 24.5. The molecule has 0 aliphatic heterocycles. The average molecular weight is 285 g/mol. The third-order valence-corrected chi connectivity index (χ3v) is 5.26. The zero-order valence-electron chi connectivity index (χ0n) is 11.6. The molecule has 5 nitrogen and oxygen atoms in total. The van der Waals surface area contributed by atoms with E-state index < -0.39 is 10.0 Å². The SMILES string of the molecule is CCCC1CCC(NS(=O)(=O)c2cnc(C)[nH]2)CC1. The minimum Gasteiger partial charge on any atom is -0.332 e. The van der Waals surface area contributed by atoms with Crippen LogP contribution in [-0.2, 0) is 10.0 Å². The summed E-state index contributed by atoms with van der Waals surface area (Å²) in [5.41, 5.74) is 0. The second kappa shape index (κ2) is 6.05. The molecule has 2 rings (SSSR count). The molecule has 0 atom stereocenters. The highest BCUT2D eigenvalue weighted by Gasteiger charge is 2.26. The van der Waals surface area contributed by atoms with Crippen LogP contribution in [0.2, 0.25) is 0 Å². The van der Waals surface area contributed by atoms with Crippen molar-refractivity contribution in [2.75, 3.05) is 0 Å². The van der Waals surface area contributed by atoms with Crippen molar-refractivity contribution in [3.63, 3.8) is 0 Å². The molecule has 0 spiro atoms. The van der Waals surface area contributed by atoms with E-state index in [1.165, 1.54) is 19.0 Å². The molecular formula is C13H23N3O2S. The van der Waals surface area contributed by atoms with E-state index in [0.717, 1.165) is 31.6 Å². The van der Waals surface area contributed by atoms with Crippen LogP contribution in [0.25, 0.3) is 0 Å². The fraction of sp³-hybridized carbons (Fsp3) is 0.769. The third-order valence-electron chi connectivity index (χ3n) is 3.83. The van der Waals surface area contributed by atoms with Crippen LogP contribution in [0, 0.1) is 12.8 Å². The van der Waals surface area contributed by atoms with E-state index >= 15 is 0 Å². The molecule has 1 saturated carbocycles. The van der Waals surface area contributed by atoms with E-state index in [-0.39, 0.29) is 11.1 Å². The number of imidazole rings is 1. The maximum Gasteiger partial charge on any atom is 0.257 e. The molecule has 1 aromatic rings. The van der Waals surface area contributed by atoms with Gasteiger partial charge in [-0.15, -0.1) is 0 Å². The van der Waals surface area contributed by atoms with Gasteiger partial charge in [0.15, 0.2) is 5.03 Å². The predicted octanol–water partition coefficient (Wildman–Crippen LogP) is 2.36. The van der Waals surface area contributed by atoms with E-state index in [1.807, 2.05) is 0 Å². The lowest BCUT2D eigenvalue weighted by molar-refractivity contribution is 0.297. The first kappa shape index (κ1) is 14.5. The van der Waals surface area contributed by atoms with Gasteiger partial charge in [0.25, 0.3) is 10.0 Å². The summed E-state index contributed by atoms with van der Waals surface area (Å²) in [6.07, 6.45) is 7.99. The zero-order valence-corrected chi connectivity index (χ0v) is 12.5. The highest BCUT2D eigenvalue weighted by atomic mass is 32.2. The molecule has 1 heterocycles. The monoisotopic (exact) mass is 285 g/mol. The van der Waals surface area contributed by atoms with Gasteiger partial charge >= 0.3 is 0 Å². The van der Waals surface area contributed by atoms with E-state index in [4.69, 9.17) is 0 Å². The fourth-order valence-electron chi connectivity index (χ4n) is 2.79. The number of sulfonamides is 1. The zero-order chi connectivity index (χ0) is 13.9. The predicted molar refractivity (Wildman–Crippen MR) is 74.3 cm³/mol. The van der Waals surface area contributed by atoms with Crippen molar-refractivity contribution in [3.05, 3.63) is 12.0 Å². The first-order chi connectivity index (χ1) is 9.01. The second-order valence-corrected chi connectivity index (χ2v) is 7.14. The van der Waals surface area contributed by atoms with Crippen molar-refractivity contribution >= 4 is 10.0 Å². The van der Waals surface area contributed by atoms with Crippen LogP contribution in [0.15, 0.2) is 11.2 Å². The Balaban J connectivity index is 1.92. The number of H-pyrrole nitrogens is 1. The molecule has 108 valence electrons. The number of nitrogens with one attached hydrogen (secondary N) is 2. The lowest BCUT2D eigenvalue weighted by Gasteiger charge is -2.28. The Bertz CT molecular complexity index is 502. The quantitative estimate of drug-likeness (QED) is 0.872. The molecule has 19 heavy (non-hydrogen) atoms. The molecule has 1 aliphatic carbocycles. The van der Waals surface area contributed by atoms with Gasteiger partial charge in [-0.25, -0.2) is 18.1 Å². The van der Waals surface area contributed by atoms with Gasteiger partial charge in [0.2, 0.25) is 0 Å². The van der Waals surface area contributed by atoms with Crippen LogP contribution in [0.5, 0.6) is 0 Å². The summed E-state index contributed by atoms with van der Waals surface area (Å²) in [7, 11) is -3.44. The van der Waals surface area contributed by atoms with Crippen molar-refractivity contribution in [3.8, 4) is 0 Å². The summed E-state index contributed by atoms with van der Waals surface area (Å²) < 4.78 is 27.1. The van der Waals surface area contributed by atoms with E-state index in [9.17, 15) is 8.42 Å². The molecule has 1 fully saturated rings. The Kier molecular flexibility index (Phi) is 4.62. The molecule has 2 N–H and O–H groups in total. The van der Waals surface area contributed by atoms with Crippen LogP contribution < -0.4 is 4.72 Å². The van der Waals surface area contributed by atoms with E-state index in [0.29, 0.717) is 5.82 Å². The Labute approximate surface area is 115 Å². The van der Waals surface area contributed by atoms with Gasteiger partial charge in [0.05, 0.1) is 6.20 Å². The van der Waals surface area contributed by atoms with Crippen LogP contribution in [0.4, 0.5) is 0 Å². The molecule has 0 saturated heterocycles. The Morgan fingerprint density at radius 3 is 2.58 bits per heavy atom. The first-order valence-corrected chi connectivity index (χ1v) is 8.53. The van der Waals surface area contributed by atoms with Crippen molar-refractivity contribution in [1.82, 2.24) is 14.7 Å². The average Bonchev–Trinajstić information content (AvgIpc) is 2.79. The van der Waals surface area contributed by atoms with E-state index in [2.05, 4.69) is 21.6 Å². The summed E-state index contributed by atoms with van der Waals surface area (Å²) in [5, 5.41) is 0.167. The highest BCUT2D eigenvalue weighted by molar-refractivity contribution is 7.89. The number of hydrogen-bond donors (Lipinski definition) is 2. The number of aromatic nitrogens is 2. The number of aryl methyl sites for hydroxylation is 1. The van der Waals surface area contributed by atoms with Gasteiger partial charge in [-0.05, 0) is 38.5 Å². The van der Waals surface area contributed by atoms with Crippen LogP contribution >= 0.6 is 0 Å². The van der Waals surface area contributed by atoms with Crippen molar-refractivity contribution in [1.29, 1.82) is 0 Å². The second-order valence-electron chi connectivity index (χ2n) is 5.46. The van der Waals surface area contributed by atoms with E-state index in [1.54, 1.807) is 6.92 Å². The van der Waals surface area contributed by atoms with Crippen molar-refractivity contribution in [2.24, 2.45) is 5.92 Å². The smallest absolute Gasteiger partial charge is 0.257 e. The lowest BCUT2D eigenvalue weighted by Crippen LogP contribution is -2.37. The van der Waals surface area contributed by atoms with Gasteiger partial charge in [-0.3, -0.25) is 0 Å². The topological polar surface area (TPSA) is 74.8 Å². The molecule has 0 unspecified atom stereocenters. The lowest BCUT2D eigenvalue weighted by atomic mass is 9.84. The Morgan fingerprint density at radius 1 is 1.37 bits per heavy atom. The molecule has 1 aliphatic rings. The fourth-order valence-corrected chi connectivity index (χ4v) is 4.07. The first-order valence-electron chi connectivity index (χ1n) is 7.05. The molecule has 0 amide bonds. The van der Waals surface area contributed by atoms with Gasteiger partial charge in [-0.1, -0.05) is 19.8 Å². The maximum atomic E-state index is 12.1. The Hall–Kier alpha value is -0.880. The molecule has 0 aromatic carbocycles. The van der Waals surface area contributed by atoms with Crippen LogP contribution in [0.1, 0.15) is 51.3 Å². The molecule has 0 bridgehead atoms. The van der Waals surface area contributed by atoms with Crippen LogP contribution in [-0.4, -0.2) is 24.4 Å². The summed E-state index contributed by atoms with van der Waals surface area (Å²) >= 11 is 0. The molecular weight excluding hydrogens is 262 g/mol.